The van der Waals surface area contributed by atoms with Gasteiger partial charge in [0.2, 0.25) is 0 Å². The summed E-state index contributed by atoms with van der Waals surface area (Å²) < 4.78 is 10.5. The number of rotatable bonds is 11. The highest BCUT2D eigenvalue weighted by atomic mass is 35.5. The number of anilines is 2. The van der Waals surface area contributed by atoms with E-state index in [0.717, 1.165) is 35.1 Å². The predicted molar refractivity (Wildman–Crippen MR) is 183 cm³/mol. The third-order valence-corrected chi connectivity index (χ3v) is 8.97. The van der Waals surface area contributed by atoms with E-state index in [1.807, 2.05) is 36.9 Å². The lowest BCUT2D eigenvalue weighted by atomic mass is 9.98. The number of carboxylic acids is 1. The number of likely N-dealkylation sites (tertiary alicyclic amines) is 1. The number of nitrogens with zero attached hydrogens (tertiary/aromatic N) is 3. The highest BCUT2D eigenvalue weighted by molar-refractivity contribution is 6.36. The number of halogens is 1. The third kappa shape index (κ3) is 7.71. The van der Waals surface area contributed by atoms with E-state index in [1.165, 1.54) is 20.4 Å². The summed E-state index contributed by atoms with van der Waals surface area (Å²) in [6, 6.07) is 15.3. The minimum Gasteiger partial charge on any atom is -0.480 e. The van der Waals surface area contributed by atoms with Crippen molar-refractivity contribution in [1.82, 2.24) is 14.9 Å². The van der Waals surface area contributed by atoms with Gasteiger partial charge < -0.3 is 25.2 Å². The molecule has 0 bridgehead atoms. The molecular weight excluding hydrogens is 634 g/mol. The number of pyridine rings is 2. The average molecular weight is 672 g/mol. The Morgan fingerprint density at radius 1 is 0.917 bits per heavy atom. The summed E-state index contributed by atoms with van der Waals surface area (Å²) in [4.78, 5) is 48.7. The monoisotopic (exact) mass is 671 g/mol. The third-order valence-electron chi connectivity index (χ3n) is 8.56. The van der Waals surface area contributed by atoms with E-state index in [4.69, 9.17) is 21.1 Å². The number of carbonyl (C=O) groups is 3. The molecule has 11 nitrogen and oxygen atoms in total. The van der Waals surface area contributed by atoms with Gasteiger partial charge in [-0.3, -0.25) is 29.3 Å². The molecule has 2 aromatic heterocycles. The van der Waals surface area contributed by atoms with Crippen molar-refractivity contribution in [2.45, 2.75) is 52.0 Å². The van der Waals surface area contributed by atoms with Crippen molar-refractivity contribution >= 4 is 40.8 Å². The van der Waals surface area contributed by atoms with E-state index in [9.17, 15) is 19.5 Å². The lowest BCUT2D eigenvalue weighted by Gasteiger charge is -2.33. The van der Waals surface area contributed by atoms with E-state index in [0.29, 0.717) is 47.0 Å². The largest absolute Gasteiger partial charge is 0.480 e. The maximum absolute atomic E-state index is 13.3. The summed E-state index contributed by atoms with van der Waals surface area (Å²) in [5, 5.41) is 15.8. The highest BCUT2D eigenvalue weighted by Gasteiger charge is 2.29. The molecular formula is C36H38ClN5O6. The SMILES string of the molecule is COC(OC)c1ccc(C(=O)Nc2cccc(-c3cccc(NC(=O)c4cc(C)c(CN5CCCCC5C(=O)O)cn4)c3C)c2Cl)nc1. The molecule has 1 unspecified atom stereocenters. The van der Waals surface area contributed by atoms with Crippen LogP contribution in [0.2, 0.25) is 5.02 Å². The molecule has 48 heavy (non-hydrogen) atoms. The van der Waals surface area contributed by atoms with Gasteiger partial charge in [-0.15, -0.1) is 0 Å². The summed E-state index contributed by atoms with van der Waals surface area (Å²) in [5.74, 6) is -1.62. The predicted octanol–water partition coefficient (Wildman–Crippen LogP) is 6.65. The maximum atomic E-state index is 13.3. The van der Waals surface area contributed by atoms with Crippen LogP contribution in [0.4, 0.5) is 11.4 Å². The van der Waals surface area contributed by atoms with Crippen LogP contribution in [0.1, 0.15) is 68.8 Å². The first-order chi connectivity index (χ1) is 23.1. The number of carbonyl (C=O) groups excluding carboxylic acids is 2. The van der Waals surface area contributed by atoms with Crippen LogP contribution in [0, 0.1) is 13.8 Å². The lowest BCUT2D eigenvalue weighted by molar-refractivity contribution is -0.144. The Balaban J connectivity index is 1.30. The van der Waals surface area contributed by atoms with Crippen LogP contribution in [0.5, 0.6) is 0 Å². The molecule has 1 aliphatic rings. The first kappa shape index (κ1) is 34.6. The molecule has 0 saturated carbocycles. The molecule has 1 saturated heterocycles. The first-order valence-corrected chi connectivity index (χ1v) is 15.9. The van der Waals surface area contributed by atoms with Gasteiger partial charge in [0.05, 0.1) is 10.7 Å². The summed E-state index contributed by atoms with van der Waals surface area (Å²) in [7, 11) is 3.04. The molecule has 0 aliphatic carbocycles. The number of carboxylic acid groups (broad SMARTS) is 1. The summed E-state index contributed by atoms with van der Waals surface area (Å²) >= 11 is 6.83. The molecule has 1 aliphatic heterocycles. The molecule has 5 rings (SSSR count). The second kappa shape index (κ2) is 15.5. The van der Waals surface area contributed by atoms with Gasteiger partial charge in [0, 0.05) is 50.0 Å². The van der Waals surface area contributed by atoms with Crippen LogP contribution in [0.15, 0.2) is 67.0 Å². The Labute approximate surface area is 284 Å². The van der Waals surface area contributed by atoms with Crippen molar-refractivity contribution in [3.8, 4) is 11.1 Å². The summed E-state index contributed by atoms with van der Waals surface area (Å²) in [5.41, 5.74) is 6.07. The van der Waals surface area contributed by atoms with E-state index in [1.54, 1.807) is 42.6 Å². The van der Waals surface area contributed by atoms with Crippen LogP contribution >= 0.6 is 11.6 Å². The fourth-order valence-electron chi connectivity index (χ4n) is 5.87. The fraction of sp³-hybridized carbons (Fsp3) is 0.306. The molecule has 0 radical (unpaired) electrons. The van der Waals surface area contributed by atoms with Gasteiger partial charge >= 0.3 is 5.97 Å². The average Bonchev–Trinajstić information content (AvgIpc) is 3.08. The van der Waals surface area contributed by atoms with E-state index >= 15 is 0 Å². The standard InChI is InChI=1S/C36H38ClN5O6/c1-21-17-30(39-19-24(21)20-42-16-6-5-13-31(42)35(45)46)34(44)40-27-11-7-9-25(22(27)2)26-10-8-12-28(32(26)37)41-33(43)29-15-14-23(18-38-29)36(47-3)48-4/h7-12,14-15,17-19,31,36H,5-6,13,16,20H2,1-4H3,(H,40,44)(H,41,43)(H,45,46). The van der Waals surface area contributed by atoms with Gasteiger partial charge in [0.1, 0.15) is 17.4 Å². The number of aliphatic carboxylic acids is 1. The number of methoxy groups -OCH3 is 2. The molecule has 250 valence electrons. The molecule has 12 heteroatoms. The van der Waals surface area contributed by atoms with Gasteiger partial charge in [0.25, 0.3) is 11.8 Å². The second-order valence-corrected chi connectivity index (χ2v) is 12.0. The zero-order valence-electron chi connectivity index (χ0n) is 27.2. The Bertz CT molecular complexity index is 1810. The number of hydrogen-bond acceptors (Lipinski definition) is 8. The minimum atomic E-state index is -0.811. The molecule has 1 fully saturated rings. The number of amides is 2. The molecule has 0 spiro atoms. The van der Waals surface area contributed by atoms with Crippen molar-refractivity contribution in [2.24, 2.45) is 0 Å². The van der Waals surface area contributed by atoms with Gasteiger partial charge in [-0.25, -0.2) is 0 Å². The molecule has 2 aromatic carbocycles. The second-order valence-electron chi connectivity index (χ2n) is 11.6. The number of benzene rings is 2. The topological polar surface area (TPSA) is 143 Å². The number of hydrogen-bond donors (Lipinski definition) is 3. The number of nitrogens with one attached hydrogen (secondary N) is 2. The number of aryl methyl sites for hydroxylation is 1. The van der Waals surface area contributed by atoms with Gasteiger partial charge in [-0.05, 0) is 79.8 Å². The normalized spacial score (nSPS) is 14.9. The van der Waals surface area contributed by atoms with Crippen molar-refractivity contribution in [3.05, 3.63) is 106 Å². The van der Waals surface area contributed by atoms with Gasteiger partial charge in [0.15, 0.2) is 6.29 Å². The molecule has 4 aromatic rings. The molecule has 1 atom stereocenters. The Kier molecular flexibility index (Phi) is 11.2. The van der Waals surface area contributed by atoms with Crippen molar-refractivity contribution in [2.75, 3.05) is 31.4 Å². The van der Waals surface area contributed by atoms with E-state index < -0.39 is 24.2 Å². The van der Waals surface area contributed by atoms with Crippen LogP contribution in [-0.4, -0.2) is 64.6 Å². The molecule has 3 heterocycles. The smallest absolute Gasteiger partial charge is 0.320 e. The van der Waals surface area contributed by atoms with Crippen LogP contribution in [0.3, 0.4) is 0 Å². The quantitative estimate of drug-likeness (QED) is 0.149. The van der Waals surface area contributed by atoms with Gasteiger partial charge in [-0.1, -0.05) is 48.4 Å². The minimum absolute atomic E-state index is 0.194. The Hall–Kier alpha value is -4.68. The van der Waals surface area contributed by atoms with Crippen molar-refractivity contribution < 1.29 is 29.0 Å². The zero-order valence-corrected chi connectivity index (χ0v) is 28.0. The zero-order chi connectivity index (χ0) is 34.4. The maximum Gasteiger partial charge on any atom is 0.320 e. The van der Waals surface area contributed by atoms with Crippen molar-refractivity contribution in [1.29, 1.82) is 0 Å². The fourth-order valence-corrected chi connectivity index (χ4v) is 6.15. The first-order valence-electron chi connectivity index (χ1n) is 15.6. The van der Waals surface area contributed by atoms with E-state index in [2.05, 4.69) is 20.6 Å². The van der Waals surface area contributed by atoms with Crippen LogP contribution in [0.25, 0.3) is 11.1 Å². The summed E-state index contributed by atoms with van der Waals surface area (Å²) in [6.45, 7) is 4.95. The van der Waals surface area contributed by atoms with Crippen LogP contribution in [-0.2, 0) is 20.8 Å². The number of piperidine rings is 1. The molecule has 2 amide bonds. The van der Waals surface area contributed by atoms with Crippen molar-refractivity contribution in [3.63, 3.8) is 0 Å². The Morgan fingerprint density at radius 3 is 2.25 bits per heavy atom. The highest BCUT2D eigenvalue weighted by Crippen LogP contribution is 2.37. The van der Waals surface area contributed by atoms with Gasteiger partial charge in [-0.2, -0.15) is 0 Å². The lowest BCUT2D eigenvalue weighted by Crippen LogP contribution is -2.44. The van der Waals surface area contributed by atoms with Crippen LogP contribution < -0.4 is 10.6 Å². The van der Waals surface area contributed by atoms with E-state index in [-0.39, 0.29) is 17.3 Å². The summed E-state index contributed by atoms with van der Waals surface area (Å²) in [6.07, 6.45) is 5.07. The number of aromatic nitrogens is 2. The number of ether oxygens (including phenoxy) is 2. The Morgan fingerprint density at radius 2 is 1.58 bits per heavy atom. The molecule has 3 N–H and O–H groups in total.